The maximum Gasteiger partial charge on any atom is 0.378 e. The standard InChI is InChI=1S/C20H22N2O6S2/c1-30(27,28)14-8-6-13(7-9-14)15(10-12-4-2-3-5-12)18(24)22-20-21-16(11-29-20)17(23)19(25)26/h6-9,11-12,15H,2-5,10H2,1H3,(H,25,26)(H,21,22,24). The molecule has 1 aliphatic rings. The molecular weight excluding hydrogens is 428 g/mol. The number of ketones is 1. The van der Waals surface area contributed by atoms with E-state index in [1.807, 2.05) is 0 Å². The fourth-order valence-corrected chi connectivity index (χ4v) is 4.98. The number of nitrogens with zero attached hydrogens (tertiary/aromatic N) is 1. The van der Waals surface area contributed by atoms with E-state index in [1.54, 1.807) is 12.1 Å². The summed E-state index contributed by atoms with van der Waals surface area (Å²) in [6.07, 6.45) is 6.08. The van der Waals surface area contributed by atoms with Crippen LogP contribution >= 0.6 is 11.3 Å². The zero-order valence-corrected chi connectivity index (χ0v) is 18.0. The number of carbonyl (C=O) groups is 3. The first-order valence-corrected chi connectivity index (χ1v) is 12.3. The fraction of sp³-hybridized carbons (Fsp3) is 0.400. The topological polar surface area (TPSA) is 130 Å². The van der Waals surface area contributed by atoms with Gasteiger partial charge in [-0.2, -0.15) is 0 Å². The maximum atomic E-state index is 13.0. The molecule has 1 aliphatic carbocycles. The Morgan fingerprint density at radius 2 is 1.83 bits per heavy atom. The highest BCUT2D eigenvalue weighted by Gasteiger charge is 2.28. The van der Waals surface area contributed by atoms with Crippen LogP contribution in [0.15, 0.2) is 34.5 Å². The number of thiazole rings is 1. The van der Waals surface area contributed by atoms with Crippen molar-refractivity contribution < 1.29 is 27.9 Å². The summed E-state index contributed by atoms with van der Waals surface area (Å²) in [5.41, 5.74) is 0.470. The van der Waals surface area contributed by atoms with Crippen molar-refractivity contribution in [2.45, 2.75) is 42.9 Å². The van der Waals surface area contributed by atoms with Gasteiger partial charge in [-0.1, -0.05) is 37.8 Å². The average Bonchev–Trinajstić information content (AvgIpc) is 3.36. The number of aromatic nitrogens is 1. The largest absolute Gasteiger partial charge is 0.475 e. The zero-order chi connectivity index (χ0) is 21.9. The molecule has 1 saturated carbocycles. The quantitative estimate of drug-likeness (QED) is 0.467. The van der Waals surface area contributed by atoms with Gasteiger partial charge in [0.1, 0.15) is 5.69 Å². The van der Waals surface area contributed by atoms with E-state index >= 15 is 0 Å². The van der Waals surface area contributed by atoms with Crippen molar-refractivity contribution in [1.82, 2.24) is 4.98 Å². The molecule has 1 atom stereocenters. The monoisotopic (exact) mass is 450 g/mol. The van der Waals surface area contributed by atoms with Gasteiger partial charge < -0.3 is 10.4 Å². The van der Waals surface area contributed by atoms with Crippen LogP contribution in [0.2, 0.25) is 0 Å². The second-order valence-electron chi connectivity index (χ2n) is 7.44. The number of carbonyl (C=O) groups excluding carboxylic acids is 2. The van der Waals surface area contributed by atoms with Crippen molar-refractivity contribution in [2.24, 2.45) is 5.92 Å². The Labute approximate surface area is 178 Å². The Morgan fingerprint density at radius 1 is 1.20 bits per heavy atom. The van der Waals surface area contributed by atoms with Crippen molar-refractivity contribution in [2.75, 3.05) is 11.6 Å². The lowest BCUT2D eigenvalue weighted by atomic mass is 9.87. The number of anilines is 1. The minimum atomic E-state index is -3.34. The molecule has 2 N–H and O–H groups in total. The molecule has 8 nitrogen and oxygen atoms in total. The summed E-state index contributed by atoms with van der Waals surface area (Å²) in [5, 5.41) is 12.9. The molecule has 30 heavy (non-hydrogen) atoms. The molecule has 0 saturated heterocycles. The van der Waals surface area contributed by atoms with Crippen LogP contribution in [0.1, 0.15) is 54.1 Å². The van der Waals surface area contributed by atoms with Crippen molar-refractivity contribution in [1.29, 1.82) is 0 Å². The first kappa shape index (κ1) is 22.1. The normalized spacial score (nSPS) is 15.6. The summed E-state index contributed by atoms with van der Waals surface area (Å²) in [5.74, 6) is -3.17. The van der Waals surface area contributed by atoms with E-state index in [0.717, 1.165) is 43.3 Å². The molecule has 1 aromatic heterocycles. The number of Topliss-reactive ketones (excluding diaryl/α,β-unsaturated/α-hetero) is 1. The lowest BCUT2D eigenvalue weighted by Crippen LogP contribution is -2.23. The summed E-state index contributed by atoms with van der Waals surface area (Å²) < 4.78 is 23.4. The van der Waals surface area contributed by atoms with E-state index < -0.39 is 27.5 Å². The number of hydrogen-bond acceptors (Lipinski definition) is 7. The highest BCUT2D eigenvalue weighted by molar-refractivity contribution is 7.90. The molecule has 1 aromatic carbocycles. The molecule has 1 amide bonds. The summed E-state index contributed by atoms with van der Waals surface area (Å²) in [7, 11) is -3.34. The molecule has 1 fully saturated rings. The predicted molar refractivity (Wildman–Crippen MR) is 112 cm³/mol. The lowest BCUT2D eigenvalue weighted by molar-refractivity contribution is -0.131. The van der Waals surface area contributed by atoms with E-state index in [2.05, 4.69) is 10.3 Å². The van der Waals surface area contributed by atoms with Crippen molar-refractivity contribution in [3.8, 4) is 0 Å². The molecule has 3 rings (SSSR count). The molecule has 0 bridgehead atoms. The number of nitrogens with one attached hydrogen (secondary N) is 1. The van der Waals surface area contributed by atoms with Crippen LogP contribution in [0, 0.1) is 5.92 Å². The molecule has 0 aliphatic heterocycles. The number of aliphatic carboxylic acids is 1. The second-order valence-corrected chi connectivity index (χ2v) is 10.3. The van der Waals surface area contributed by atoms with Gasteiger partial charge in [0, 0.05) is 11.6 Å². The van der Waals surface area contributed by atoms with Gasteiger partial charge in [-0.15, -0.1) is 11.3 Å². The summed E-state index contributed by atoms with van der Waals surface area (Å²) in [6.45, 7) is 0. The zero-order valence-electron chi connectivity index (χ0n) is 16.3. The number of sulfone groups is 1. The second kappa shape index (κ2) is 9.05. The van der Waals surface area contributed by atoms with Gasteiger partial charge in [0.05, 0.1) is 10.8 Å². The molecule has 2 aromatic rings. The van der Waals surface area contributed by atoms with Crippen LogP contribution in [0.3, 0.4) is 0 Å². The predicted octanol–water partition coefficient (Wildman–Crippen LogP) is 3.12. The minimum absolute atomic E-state index is 0.147. The van der Waals surface area contributed by atoms with Crippen LogP contribution < -0.4 is 5.32 Å². The Bertz CT molecular complexity index is 1050. The number of carboxylic acid groups (broad SMARTS) is 1. The van der Waals surface area contributed by atoms with Crippen molar-refractivity contribution >= 4 is 44.0 Å². The van der Waals surface area contributed by atoms with Crippen molar-refractivity contribution in [3.05, 3.63) is 40.9 Å². The van der Waals surface area contributed by atoms with Gasteiger partial charge in [-0.3, -0.25) is 9.59 Å². The third-order valence-corrected chi connectivity index (χ3v) is 7.12. The first-order chi connectivity index (χ1) is 14.1. The smallest absolute Gasteiger partial charge is 0.378 e. The highest BCUT2D eigenvalue weighted by Crippen LogP contribution is 2.35. The number of carboxylic acids is 1. The fourth-order valence-electron chi connectivity index (χ4n) is 3.66. The van der Waals surface area contributed by atoms with Gasteiger partial charge in [0.25, 0.3) is 5.78 Å². The first-order valence-electron chi connectivity index (χ1n) is 9.49. The van der Waals surface area contributed by atoms with E-state index in [9.17, 15) is 22.8 Å². The lowest BCUT2D eigenvalue weighted by Gasteiger charge is -2.20. The molecule has 0 spiro atoms. The van der Waals surface area contributed by atoms with E-state index in [0.29, 0.717) is 17.9 Å². The Kier molecular flexibility index (Phi) is 6.67. The third kappa shape index (κ3) is 5.31. The van der Waals surface area contributed by atoms with Gasteiger partial charge in [-0.25, -0.2) is 18.2 Å². The van der Waals surface area contributed by atoms with Crippen LogP contribution in [0.25, 0.3) is 0 Å². The van der Waals surface area contributed by atoms with E-state index in [4.69, 9.17) is 5.11 Å². The molecule has 0 radical (unpaired) electrons. The summed E-state index contributed by atoms with van der Waals surface area (Å²) in [4.78, 5) is 39.4. The van der Waals surface area contributed by atoms with Gasteiger partial charge in [0.15, 0.2) is 15.0 Å². The third-order valence-electron chi connectivity index (χ3n) is 5.23. The van der Waals surface area contributed by atoms with E-state index in [-0.39, 0.29) is 21.6 Å². The summed E-state index contributed by atoms with van der Waals surface area (Å²) >= 11 is 0.978. The summed E-state index contributed by atoms with van der Waals surface area (Å²) in [6, 6.07) is 6.28. The number of hydrogen-bond donors (Lipinski definition) is 2. The van der Waals surface area contributed by atoms with Gasteiger partial charge in [-0.05, 0) is 30.0 Å². The van der Waals surface area contributed by atoms with Gasteiger partial charge in [0.2, 0.25) is 5.91 Å². The molecule has 160 valence electrons. The van der Waals surface area contributed by atoms with Crippen LogP contribution in [0.5, 0.6) is 0 Å². The van der Waals surface area contributed by atoms with E-state index in [1.165, 1.54) is 17.5 Å². The number of amides is 1. The number of rotatable bonds is 8. The van der Waals surface area contributed by atoms with Crippen LogP contribution in [0.4, 0.5) is 5.13 Å². The Hall–Kier alpha value is -2.59. The molecule has 10 heteroatoms. The Morgan fingerprint density at radius 3 is 2.40 bits per heavy atom. The Balaban J connectivity index is 1.82. The number of benzene rings is 1. The SMILES string of the molecule is CS(=O)(=O)c1ccc(C(CC2CCCC2)C(=O)Nc2nc(C(=O)C(=O)O)cs2)cc1. The molecular formula is C20H22N2O6S2. The van der Waals surface area contributed by atoms with Crippen molar-refractivity contribution in [3.63, 3.8) is 0 Å². The minimum Gasteiger partial charge on any atom is -0.475 e. The van der Waals surface area contributed by atoms with Gasteiger partial charge >= 0.3 is 5.97 Å². The highest BCUT2D eigenvalue weighted by atomic mass is 32.2. The maximum absolute atomic E-state index is 13.0. The molecule has 1 heterocycles. The van der Waals surface area contributed by atoms with Crippen LogP contribution in [-0.2, 0) is 19.4 Å². The average molecular weight is 451 g/mol. The molecule has 1 unspecified atom stereocenters. The van der Waals surface area contributed by atoms with Crippen LogP contribution in [-0.4, -0.2) is 42.4 Å².